The third-order valence-electron chi connectivity index (χ3n) is 4.22. The van der Waals surface area contributed by atoms with Gasteiger partial charge in [-0.25, -0.2) is 4.98 Å². The molecule has 2 aromatic carbocycles. The van der Waals surface area contributed by atoms with Crippen molar-refractivity contribution in [2.75, 3.05) is 30.4 Å². The van der Waals surface area contributed by atoms with E-state index in [1.807, 2.05) is 37.3 Å². The van der Waals surface area contributed by atoms with Crippen molar-refractivity contribution >= 4 is 17.5 Å². The Morgan fingerprint density at radius 1 is 0.926 bits per heavy atom. The molecule has 0 spiro atoms. The van der Waals surface area contributed by atoms with Crippen LogP contribution in [0.2, 0.25) is 0 Å². The predicted octanol–water partition coefficient (Wildman–Crippen LogP) is 3.95. The van der Waals surface area contributed by atoms with E-state index in [1.54, 1.807) is 0 Å². The topological polar surface area (TPSA) is 68.3 Å². The summed E-state index contributed by atoms with van der Waals surface area (Å²) >= 11 is 0. The zero-order valence-electron chi connectivity index (χ0n) is 15.2. The summed E-state index contributed by atoms with van der Waals surface area (Å²) in [5, 5.41) is 6.62. The van der Waals surface area contributed by atoms with E-state index in [0.29, 0.717) is 19.2 Å². The van der Waals surface area contributed by atoms with Gasteiger partial charge in [-0.3, -0.25) is 0 Å². The molecule has 0 saturated carbocycles. The van der Waals surface area contributed by atoms with Crippen LogP contribution >= 0.6 is 0 Å². The average molecular weight is 362 g/mol. The molecule has 0 unspecified atom stereocenters. The molecule has 2 heterocycles. The fraction of sp³-hybridized carbons (Fsp3) is 0.238. The summed E-state index contributed by atoms with van der Waals surface area (Å²) in [6, 6.07) is 18.1. The fourth-order valence-electron chi connectivity index (χ4n) is 2.94. The van der Waals surface area contributed by atoms with E-state index in [-0.39, 0.29) is 0 Å². The first-order valence-electron chi connectivity index (χ1n) is 9.06. The Balaban J connectivity index is 1.42. The molecule has 0 amide bonds. The number of ether oxygens (including phenoxy) is 2. The quantitative estimate of drug-likeness (QED) is 0.692. The van der Waals surface area contributed by atoms with E-state index in [0.717, 1.165) is 41.7 Å². The van der Waals surface area contributed by atoms with Gasteiger partial charge in [0.15, 0.2) is 11.5 Å². The number of benzene rings is 2. The second-order valence-corrected chi connectivity index (χ2v) is 6.36. The molecule has 0 saturated heterocycles. The highest BCUT2D eigenvalue weighted by atomic mass is 16.6. The van der Waals surface area contributed by atoms with Crippen molar-refractivity contribution in [3.63, 3.8) is 0 Å². The minimum atomic E-state index is 0.550. The standard InChI is InChI=1S/C21H22N4O2/c1-15-13-20(22-10-9-16-5-3-2-4-6-16)25-21(23-15)24-17-7-8-18-19(14-17)27-12-11-26-18/h2-8,13-14H,9-12H2,1H3,(H2,22,23,24,25). The number of rotatable bonds is 6. The normalized spacial score (nSPS) is 12.5. The molecule has 0 bridgehead atoms. The molecule has 0 fully saturated rings. The molecule has 6 heteroatoms. The Morgan fingerprint density at radius 3 is 2.59 bits per heavy atom. The molecule has 2 N–H and O–H groups in total. The van der Waals surface area contributed by atoms with Gasteiger partial charge in [-0.05, 0) is 31.0 Å². The summed E-state index contributed by atoms with van der Waals surface area (Å²) in [5.74, 6) is 2.85. The summed E-state index contributed by atoms with van der Waals surface area (Å²) in [6.07, 6.45) is 0.939. The van der Waals surface area contributed by atoms with Crippen molar-refractivity contribution in [3.05, 3.63) is 65.9 Å². The lowest BCUT2D eigenvalue weighted by Gasteiger charge is -2.19. The van der Waals surface area contributed by atoms with E-state index in [4.69, 9.17) is 9.47 Å². The van der Waals surface area contributed by atoms with E-state index in [9.17, 15) is 0 Å². The molecule has 138 valence electrons. The number of hydrogen-bond acceptors (Lipinski definition) is 6. The summed E-state index contributed by atoms with van der Waals surface area (Å²) in [5.41, 5.74) is 3.05. The molecular formula is C21H22N4O2. The highest BCUT2D eigenvalue weighted by Crippen LogP contribution is 2.33. The third-order valence-corrected chi connectivity index (χ3v) is 4.22. The van der Waals surface area contributed by atoms with Crippen LogP contribution in [0, 0.1) is 6.92 Å². The third kappa shape index (κ3) is 4.47. The van der Waals surface area contributed by atoms with Crippen LogP contribution in [0.1, 0.15) is 11.3 Å². The fourth-order valence-corrected chi connectivity index (χ4v) is 2.94. The smallest absolute Gasteiger partial charge is 0.229 e. The van der Waals surface area contributed by atoms with Crippen LogP contribution in [0.3, 0.4) is 0 Å². The van der Waals surface area contributed by atoms with Gasteiger partial charge in [0, 0.05) is 30.1 Å². The van der Waals surface area contributed by atoms with Gasteiger partial charge in [0.05, 0.1) is 0 Å². The maximum absolute atomic E-state index is 5.63. The second kappa shape index (κ2) is 7.95. The lowest BCUT2D eigenvalue weighted by molar-refractivity contribution is 0.171. The van der Waals surface area contributed by atoms with Gasteiger partial charge in [-0.15, -0.1) is 0 Å². The maximum atomic E-state index is 5.63. The van der Waals surface area contributed by atoms with Crippen LogP contribution in [0.25, 0.3) is 0 Å². The van der Waals surface area contributed by atoms with Crippen molar-refractivity contribution in [2.24, 2.45) is 0 Å². The molecule has 1 aromatic heterocycles. The number of nitrogens with one attached hydrogen (secondary N) is 2. The second-order valence-electron chi connectivity index (χ2n) is 6.36. The predicted molar refractivity (Wildman–Crippen MR) is 106 cm³/mol. The lowest BCUT2D eigenvalue weighted by Crippen LogP contribution is -2.15. The molecule has 27 heavy (non-hydrogen) atoms. The average Bonchev–Trinajstić information content (AvgIpc) is 2.68. The van der Waals surface area contributed by atoms with Gasteiger partial charge in [-0.1, -0.05) is 30.3 Å². The Hall–Kier alpha value is -3.28. The van der Waals surface area contributed by atoms with Gasteiger partial charge in [0.1, 0.15) is 19.0 Å². The van der Waals surface area contributed by atoms with Crippen LogP contribution in [0.4, 0.5) is 17.5 Å². The molecule has 4 rings (SSSR count). The van der Waals surface area contributed by atoms with Crippen LogP contribution in [-0.2, 0) is 6.42 Å². The van der Waals surface area contributed by atoms with Crippen LogP contribution < -0.4 is 20.1 Å². The Morgan fingerprint density at radius 2 is 1.74 bits per heavy atom. The number of hydrogen-bond donors (Lipinski definition) is 2. The number of anilines is 3. The zero-order chi connectivity index (χ0) is 18.5. The molecule has 0 aliphatic carbocycles. The van der Waals surface area contributed by atoms with Crippen LogP contribution in [-0.4, -0.2) is 29.7 Å². The van der Waals surface area contributed by atoms with Gasteiger partial charge in [0.25, 0.3) is 0 Å². The van der Waals surface area contributed by atoms with Gasteiger partial charge >= 0.3 is 0 Å². The van der Waals surface area contributed by atoms with E-state index in [2.05, 4.69) is 44.9 Å². The first kappa shape index (κ1) is 17.1. The van der Waals surface area contributed by atoms with E-state index >= 15 is 0 Å². The van der Waals surface area contributed by atoms with Gasteiger partial charge in [-0.2, -0.15) is 4.98 Å². The Labute approximate surface area is 158 Å². The number of nitrogens with zero attached hydrogens (tertiary/aromatic N) is 2. The van der Waals surface area contributed by atoms with Crippen molar-refractivity contribution in [2.45, 2.75) is 13.3 Å². The Bertz CT molecular complexity index is 915. The number of fused-ring (bicyclic) bond motifs is 1. The van der Waals surface area contributed by atoms with Crippen molar-refractivity contribution in [3.8, 4) is 11.5 Å². The largest absolute Gasteiger partial charge is 0.486 e. The molecule has 6 nitrogen and oxygen atoms in total. The Kier molecular flexibility index (Phi) is 5.05. The minimum absolute atomic E-state index is 0.550. The summed E-state index contributed by atoms with van der Waals surface area (Å²) < 4.78 is 11.2. The van der Waals surface area contributed by atoms with Crippen molar-refractivity contribution in [1.82, 2.24) is 9.97 Å². The summed E-state index contributed by atoms with van der Waals surface area (Å²) in [6.45, 7) is 3.91. The monoisotopic (exact) mass is 362 g/mol. The van der Waals surface area contributed by atoms with Crippen molar-refractivity contribution < 1.29 is 9.47 Å². The van der Waals surface area contributed by atoms with E-state index < -0.39 is 0 Å². The minimum Gasteiger partial charge on any atom is -0.486 e. The lowest BCUT2D eigenvalue weighted by atomic mass is 10.1. The molecular weight excluding hydrogens is 340 g/mol. The highest BCUT2D eigenvalue weighted by Gasteiger charge is 2.12. The SMILES string of the molecule is Cc1cc(NCCc2ccccc2)nc(Nc2ccc3c(c2)OCCO3)n1. The van der Waals surface area contributed by atoms with Gasteiger partial charge in [0.2, 0.25) is 5.95 Å². The summed E-state index contributed by atoms with van der Waals surface area (Å²) in [7, 11) is 0. The number of aryl methyl sites for hydroxylation is 1. The first-order valence-corrected chi connectivity index (χ1v) is 9.06. The van der Waals surface area contributed by atoms with Crippen molar-refractivity contribution in [1.29, 1.82) is 0 Å². The highest BCUT2D eigenvalue weighted by molar-refractivity contribution is 5.61. The number of aromatic nitrogens is 2. The molecule has 1 aliphatic rings. The van der Waals surface area contributed by atoms with E-state index in [1.165, 1.54) is 5.56 Å². The van der Waals surface area contributed by atoms with Crippen LogP contribution in [0.15, 0.2) is 54.6 Å². The summed E-state index contributed by atoms with van der Waals surface area (Å²) in [4.78, 5) is 9.04. The van der Waals surface area contributed by atoms with Gasteiger partial charge < -0.3 is 20.1 Å². The maximum Gasteiger partial charge on any atom is 0.229 e. The molecule has 0 radical (unpaired) electrons. The molecule has 0 atom stereocenters. The molecule has 3 aromatic rings. The molecule has 1 aliphatic heterocycles. The van der Waals surface area contributed by atoms with Crippen LogP contribution in [0.5, 0.6) is 11.5 Å². The zero-order valence-corrected chi connectivity index (χ0v) is 15.2. The first-order chi connectivity index (χ1) is 13.3.